The van der Waals surface area contributed by atoms with Crippen molar-refractivity contribution in [3.63, 3.8) is 0 Å². The highest BCUT2D eigenvalue weighted by atomic mass is 16.6. The SMILES string of the molecule is COc1ccccc1COCCCOc1ccc(C2CCN(C(=O)OC(C)(C)C)CC2OCCO)cc1. The molecule has 1 heterocycles. The number of carbonyl (C=O) groups excluding carboxylic acids is 1. The Balaban J connectivity index is 1.46. The van der Waals surface area contributed by atoms with Crippen LogP contribution in [0.15, 0.2) is 48.5 Å². The largest absolute Gasteiger partial charge is 0.496 e. The number of nitrogens with zero attached hydrogens (tertiary/aromatic N) is 1. The Hall–Kier alpha value is -2.81. The summed E-state index contributed by atoms with van der Waals surface area (Å²) in [7, 11) is 1.66. The molecular weight excluding hydrogens is 474 g/mol. The van der Waals surface area contributed by atoms with E-state index >= 15 is 0 Å². The standard InChI is InChI=1S/C29H41NO7/c1-29(2,3)37-28(32)30-15-14-25(27(20-30)36-19-16-31)22-10-12-24(13-11-22)35-18-7-17-34-21-23-8-5-6-9-26(23)33-4/h5-6,8-13,25,27,31H,7,14-21H2,1-4H3. The van der Waals surface area contributed by atoms with Crippen LogP contribution >= 0.6 is 0 Å². The Morgan fingerprint density at radius 2 is 1.81 bits per heavy atom. The second kappa shape index (κ2) is 14.2. The number of amides is 1. The zero-order valence-electron chi connectivity index (χ0n) is 22.5. The normalized spacial score (nSPS) is 17.9. The molecule has 2 aromatic rings. The molecule has 0 aromatic heterocycles. The van der Waals surface area contributed by atoms with Gasteiger partial charge in [-0.15, -0.1) is 0 Å². The fourth-order valence-electron chi connectivity index (χ4n) is 4.33. The maximum absolute atomic E-state index is 12.6. The van der Waals surface area contributed by atoms with Gasteiger partial charge in [-0.3, -0.25) is 0 Å². The molecular formula is C29H41NO7. The minimum atomic E-state index is -0.549. The fraction of sp³-hybridized carbons (Fsp3) is 0.552. The van der Waals surface area contributed by atoms with E-state index in [0.717, 1.165) is 35.5 Å². The van der Waals surface area contributed by atoms with Crippen molar-refractivity contribution >= 4 is 6.09 Å². The molecule has 3 rings (SSSR count). The second-order valence-electron chi connectivity index (χ2n) is 10.1. The van der Waals surface area contributed by atoms with E-state index in [1.54, 1.807) is 12.0 Å². The Morgan fingerprint density at radius 3 is 2.51 bits per heavy atom. The molecule has 1 saturated heterocycles. The van der Waals surface area contributed by atoms with Crippen LogP contribution in [0, 0.1) is 0 Å². The summed E-state index contributed by atoms with van der Waals surface area (Å²) in [6, 6.07) is 15.9. The van der Waals surface area contributed by atoms with Crippen LogP contribution in [0.2, 0.25) is 0 Å². The summed E-state index contributed by atoms with van der Waals surface area (Å²) >= 11 is 0. The van der Waals surface area contributed by atoms with Crippen molar-refractivity contribution in [3.05, 3.63) is 59.7 Å². The summed E-state index contributed by atoms with van der Waals surface area (Å²) in [5.41, 5.74) is 1.60. The molecule has 1 aliphatic heterocycles. The molecule has 0 aliphatic carbocycles. The minimum Gasteiger partial charge on any atom is -0.496 e. The van der Waals surface area contributed by atoms with Gasteiger partial charge in [0.15, 0.2) is 0 Å². The second-order valence-corrected chi connectivity index (χ2v) is 10.1. The highest BCUT2D eigenvalue weighted by Crippen LogP contribution is 2.32. The first-order valence-corrected chi connectivity index (χ1v) is 12.9. The van der Waals surface area contributed by atoms with E-state index in [9.17, 15) is 9.90 Å². The van der Waals surface area contributed by atoms with Gasteiger partial charge in [-0.05, 0) is 51.0 Å². The van der Waals surface area contributed by atoms with E-state index in [1.165, 1.54) is 0 Å². The molecule has 1 amide bonds. The van der Waals surface area contributed by atoms with Crippen LogP contribution in [0.25, 0.3) is 0 Å². The number of carbonyl (C=O) groups is 1. The van der Waals surface area contributed by atoms with Crippen LogP contribution < -0.4 is 9.47 Å². The molecule has 0 bridgehead atoms. The Kier molecular flexibility index (Phi) is 11.0. The number of hydrogen-bond acceptors (Lipinski definition) is 7. The lowest BCUT2D eigenvalue weighted by Gasteiger charge is -2.39. The van der Waals surface area contributed by atoms with Crippen molar-refractivity contribution in [2.75, 3.05) is 46.6 Å². The first-order valence-electron chi connectivity index (χ1n) is 12.9. The first-order chi connectivity index (χ1) is 17.8. The number of hydrogen-bond donors (Lipinski definition) is 1. The lowest BCUT2D eigenvalue weighted by molar-refractivity contribution is -0.0376. The van der Waals surface area contributed by atoms with Gasteiger partial charge in [-0.1, -0.05) is 30.3 Å². The molecule has 1 aliphatic rings. The van der Waals surface area contributed by atoms with Gasteiger partial charge in [-0.2, -0.15) is 0 Å². The average molecular weight is 516 g/mol. The van der Waals surface area contributed by atoms with Gasteiger partial charge < -0.3 is 33.7 Å². The van der Waals surface area contributed by atoms with Crippen molar-refractivity contribution in [1.29, 1.82) is 0 Å². The van der Waals surface area contributed by atoms with Gasteiger partial charge in [0.25, 0.3) is 0 Å². The van der Waals surface area contributed by atoms with Crippen LogP contribution in [-0.2, 0) is 20.8 Å². The molecule has 1 fully saturated rings. The van der Waals surface area contributed by atoms with E-state index in [1.807, 2.05) is 57.2 Å². The van der Waals surface area contributed by atoms with Crippen molar-refractivity contribution in [1.82, 2.24) is 4.90 Å². The van der Waals surface area contributed by atoms with Gasteiger partial charge in [0.2, 0.25) is 0 Å². The zero-order valence-corrected chi connectivity index (χ0v) is 22.5. The lowest BCUT2D eigenvalue weighted by atomic mass is 9.87. The van der Waals surface area contributed by atoms with E-state index in [2.05, 4.69) is 12.1 Å². The molecule has 2 unspecified atom stereocenters. The first kappa shape index (κ1) is 28.8. The van der Waals surface area contributed by atoms with E-state index < -0.39 is 5.60 Å². The Bertz CT molecular complexity index is 957. The molecule has 204 valence electrons. The third-order valence-corrected chi connectivity index (χ3v) is 6.09. The van der Waals surface area contributed by atoms with Crippen LogP contribution in [0.5, 0.6) is 11.5 Å². The summed E-state index contributed by atoms with van der Waals surface area (Å²) in [4.78, 5) is 14.2. The molecule has 0 radical (unpaired) electrons. The van der Waals surface area contributed by atoms with Crippen molar-refractivity contribution < 1.29 is 33.6 Å². The summed E-state index contributed by atoms with van der Waals surface area (Å²) < 4.78 is 28.5. The monoisotopic (exact) mass is 515 g/mol. The molecule has 1 N–H and O–H groups in total. The van der Waals surface area contributed by atoms with Crippen LogP contribution in [-0.4, -0.2) is 74.4 Å². The third kappa shape index (κ3) is 9.22. The van der Waals surface area contributed by atoms with Crippen molar-refractivity contribution in [2.45, 2.75) is 57.8 Å². The van der Waals surface area contributed by atoms with Crippen LogP contribution in [0.4, 0.5) is 4.79 Å². The molecule has 8 nitrogen and oxygen atoms in total. The molecule has 8 heteroatoms. The number of para-hydroxylation sites is 1. The number of aliphatic hydroxyl groups excluding tert-OH is 1. The molecule has 2 atom stereocenters. The van der Waals surface area contributed by atoms with E-state index in [-0.39, 0.29) is 31.3 Å². The molecule has 0 spiro atoms. The highest BCUT2D eigenvalue weighted by molar-refractivity contribution is 5.68. The van der Waals surface area contributed by atoms with Crippen LogP contribution in [0.3, 0.4) is 0 Å². The third-order valence-electron chi connectivity index (χ3n) is 6.09. The van der Waals surface area contributed by atoms with Crippen molar-refractivity contribution in [3.8, 4) is 11.5 Å². The molecule has 37 heavy (non-hydrogen) atoms. The molecule has 2 aromatic carbocycles. The summed E-state index contributed by atoms with van der Waals surface area (Å²) in [6.07, 6.45) is 0.968. The predicted octanol–water partition coefficient (Wildman–Crippen LogP) is 4.78. The Morgan fingerprint density at radius 1 is 1.05 bits per heavy atom. The van der Waals surface area contributed by atoms with Gasteiger partial charge in [0.05, 0.1) is 52.8 Å². The quantitative estimate of drug-likeness (QED) is 0.407. The average Bonchev–Trinajstić information content (AvgIpc) is 2.89. The van der Waals surface area contributed by atoms with Gasteiger partial charge in [0.1, 0.15) is 17.1 Å². The summed E-state index contributed by atoms with van der Waals surface area (Å²) in [5, 5.41) is 9.27. The minimum absolute atomic E-state index is 0.0644. The smallest absolute Gasteiger partial charge is 0.410 e. The number of rotatable bonds is 12. The fourth-order valence-corrected chi connectivity index (χ4v) is 4.33. The number of piperidine rings is 1. The highest BCUT2D eigenvalue weighted by Gasteiger charge is 2.35. The van der Waals surface area contributed by atoms with E-state index in [4.69, 9.17) is 23.7 Å². The maximum Gasteiger partial charge on any atom is 0.410 e. The molecule has 0 saturated carbocycles. The predicted molar refractivity (Wildman–Crippen MR) is 141 cm³/mol. The topological polar surface area (TPSA) is 86.7 Å². The Labute approximate surface area is 220 Å². The van der Waals surface area contributed by atoms with Crippen LogP contribution in [0.1, 0.15) is 50.7 Å². The van der Waals surface area contributed by atoms with E-state index in [0.29, 0.717) is 32.9 Å². The maximum atomic E-state index is 12.6. The van der Waals surface area contributed by atoms with Gasteiger partial charge in [-0.25, -0.2) is 4.79 Å². The lowest BCUT2D eigenvalue weighted by Crippen LogP contribution is -2.48. The number of aliphatic hydroxyl groups is 1. The number of likely N-dealkylation sites (tertiary alicyclic amines) is 1. The zero-order chi connectivity index (χ0) is 26.7. The summed E-state index contributed by atoms with van der Waals surface area (Å²) in [5.74, 6) is 1.74. The summed E-state index contributed by atoms with van der Waals surface area (Å²) in [6.45, 7) is 8.40. The van der Waals surface area contributed by atoms with Gasteiger partial charge in [0, 0.05) is 24.4 Å². The number of methoxy groups -OCH3 is 1. The van der Waals surface area contributed by atoms with Crippen molar-refractivity contribution in [2.24, 2.45) is 0 Å². The number of ether oxygens (including phenoxy) is 5. The van der Waals surface area contributed by atoms with Gasteiger partial charge >= 0.3 is 6.09 Å². The number of benzene rings is 2.